The van der Waals surface area contributed by atoms with E-state index in [1.165, 1.54) is 82.7 Å². The van der Waals surface area contributed by atoms with Gasteiger partial charge in [0.1, 0.15) is 29.9 Å². The van der Waals surface area contributed by atoms with E-state index in [-0.39, 0.29) is 38.1 Å². The molecule has 51 heavy (non-hydrogen) atoms. The van der Waals surface area contributed by atoms with Gasteiger partial charge >= 0.3 is 7.82 Å². The number of ether oxygens (including phenoxy) is 3. The summed E-state index contributed by atoms with van der Waals surface area (Å²) in [4.78, 5) is 14.5. The van der Waals surface area contributed by atoms with E-state index in [1.54, 1.807) is 4.52 Å². The average Bonchev–Trinajstić information content (AvgIpc) is 3.78. The lowest BCUT2D eigenvalue weighted by Gasteiger charge is -2.21. The topological polar surface area (TPSA) is 163 Å². The van der Waals surface area contributed by atoms with Crippen LogP contribution in [0.3, 0.4) is 0 Å². The molecule has 3 N–H and O–H groups in total. The van der Waals surface area contributed by atoms with Crippen LogP contribution < -0.4 is 5.73 Å². The Balaban J connectivity index is 1.16. The number of halogens is 1. The zero-order chi connectivity index (χ0) is 36.3. The van der Waals surface area contributed by atoms with Gasteiger partial charge in [-0.2, -0.15) is 10.4 Å². The first-order valence-corrected chi connectivity index (χ1v) is 20.0. The molecule has 12 nitrogen and oxygen atoms in total. The second kappa shape index (κ2) is 22.2. The van der Waals surface area contributed by atoms with Crippen molar-refractivity contribution in [2.45, 2.75) is 128 Å². The van der Waals surface area contributed by atoms with Crippen LogP contribution in [0.1, 0.15) is 126 Å². The summed E-state index contributed by atoms with van der Waals surface area (Å²) in [5.74, 6) is -0.186. The third kappa shape index (κ3) is 14.5. The number of rotatable bonds is 26. The Hall–Kier alpha value is -2.95. The number of phosphoric acid groups is 1. The van der Waals surface area contributed by atoms with Crippen molar-refractivity contribution in [2.24, 2.45) is 0 Å². The minimum atomic E-state index is -4.48. The number of nitrogens with zero attached hydrogens (tertiary/aromatic N) is 4. The van der Waals surface area contributed by atoms with Gasteiger partial charge < -0.3 is 24.8 Å². The SMILES string of the molecule is CCCCCCCCCCCCCCCOCC(COP(=O)(O)OCC1CCC(c2ccc3c(N)ncnn23)O1)OCc1cc(F)cc(C#N)c1. The Morgan fingerprint density at radius 3 is 2.43 bits per heavy atom. The van der Waals surface area contributed by atoms with Crippen LogP contribution in [0.25, 0.3) is 5.52 Å². The quantitative estimate of drug-likeness (QED) is 0.0602. The van der Waals surface area contributed by atoms with Gasteiger partial charge in [-0.1, -0.05) is 84.0 Å². The van der Waals surface area contributed by atoms with Crippen LogP contribution in [0.5, 0.6) is 0 Å². The Bertz CT molecular complexity index is 1550. The van der Waals surface area contributed by atoms with Gasteiger partial charge in [0.15, 0.2) is 5.82 Å². The number of phosphoric ester groups is 1. The van der Waals surface area contributed by atoms with E-state index in [0.717, 1.165) is 31.0 Å². The molecule has 1 saturated heterocycles. The summed E-state index contributed by atoms with van der Waals surface area (Å²) in [7, 11) is -4.48. The molecule has 0 bridgehead atoms. The van der Waals surface area contributed by atoms with Crippen molar-refractivity contribution < 1.29 is 37.1 Å². The third-order valence-corrected chi connectivity index (χ3v) is 10.0. The zero-order valence-electron chi connectivity index (χ0n) is 29.9. The van der Waals surface area contributed by atoms with Gasteiger partial charge in [-0.25, -0.2) is 18.5 Å². The predicted octanol–water partition coefficient (Wildman–Crippen LogP) is 8.37. The molecule has 4 unspecified atom stereocenters. The second-order valence-corrected chi connectivity index (χ2v) is 14.7. The maximum atomic E-state index is 14.0. The number of nitrogen functional groups attached to an aromatic ring is 1. The summed E-state index contributed by atoms with van der Waals surface area (Å²) in [6.45, 7) is 2.38. The van der Waals surface area contributed by atoms with Crippen LogP contribution >= 0.6 is 7.82 Å². The molecule has 1 aliphatic heterocycles. The highest BCUT2D eigenvalue weighted by Gasteiger charge is 2.32. The summed E-state index contributed by atoms with van der Waals surface area (Å²) in [6, 6.07) is 9.58. The van der Waals surface area contributed by atoms with Crippen molar-refractivity contribution in [2.75, 3.05) is 32.2 Å². The molecular formula is C37H55FN5O7P. The third-order valence-electron chi connectivity index (χ3n) is 9.06. The monoisotopic (exact) mass is 731 g/mol. The summed E-state index contributed by atoms with van der Waals surface area (Å²) in [5.41, 5.74) is 8.06. The van der Waals surface area contributed by atoms with E-state index in [1.807, 2.05) is 18.2 Å². The Kier molecular flexibility index (Phi) is 17.8. The molecule has 0 radical (unpaired) electrons. The standard InChI is InChI=1S/C37H55FN5O7P/c1-2-3-4-5-6-7-8-9-10-11-12-13-14-19-46-25-33(47-24-30-20-29(23-39)21-31(38)22-30)27-49-51(44,45)48-26-32-15-18-36(50-32)34-16-17-35-37(40)41-28-42-43(34)35/h16-17,20-22,28,32-33,36H,2-15,18-19,24-27H2,1H3,(H,44,45)(H2,40,41,42). The van der Waals surface area contributed by atoms with E-state index in [2.05, 4.69) is 17.0 Å². The first-order chi connectivity index (χ1) is 24.8. The van der Waals surface area contributed by atoms with Gasteiger partial charge in [-0.3, -0.25) is 9.05 Å². The minimum Gasteiger partial charge on any atom is -0.382 e. The van der Waals surface area contributed by atoms with Crippen molar-refractivity contribution >= 4 is 19.2 Å². The molecule has 0 amide bonds. The summed E-state index contributed by atoms with van der Waals surface area (Å²) < 4.78 is 57.0. The number of aromatic nitrogens is 3. The van der Waals surface area contributed by atoms with Crippen molar-refractivity contribution in [3.05, 3.63) is 59.3 Å². The van der Waals surface area contributed by atoms with E-state index >= 15 is 0 Å². The smallest absolute Gasteiger partial charge is 0.382 e. The van der Waals surface area contributed by atoms with Crippen LogP contribution in [0.15, 0.2) is 36.7 Å². The van der Waals surface area contributed by atoms with E-state index in [4.69, 9.17) is 29.0 Å². The molecule has 4 atom stereocenters. The summed E-state index contributed by atoms with van der Waals surface area (Å²) in [5, 5.41) is 13.5. The minimum absolute atomic E-state index is 0.0402. The van der Waals surface area contributed by atoms with E-state index in [9.17, 15) is 19.1 Å². The van der Waals surface area contributed by atoms with E-state index in [0.29, 0.717) is 36.3 Å². The number of nitriles is 1. The van der Waals surface area contributed by atoms with Crippen LogP contribution in [0.4, 0.5) is 10.2 Å². The zero-order valence-corrected chi connectivity index (χ0v) is 30.8. The fourth-order valence-corrected chi connectivity index (χ4v) is 7.03. The highest BCUT2D eigenvalue weighted by Crippen LogP contribution is 2.45. The molecule has 1 aromatic carbocycles. The number of anilines is 1. The fourth-order valence-electron chi connectivity index (χ4n) is 6.25. The number of hydrogen-bond acceptors (Lipinski definition) is 10. The van der Waals surface area contributed by atoms with Crippen molar-refractivity contribution in [3.63, 3.8) is 0 Å². The molecule has 4 rings (SSSR count). The largest absolute Gasteiger partial charge is 0.472 e. The molecule has 3 aromatic rings. The molecule has 2 aromatic heterocycles. The lowest BCUT2D eigenvalue weighted by atomic mass is 10.0. The van der Waals surface area contributed by atoms with Gasteiger partial charge in [0.25, 0.3) is 0 Å². The normalized spacial score (nSPS) is 17.8. The van der Waals surface area contributed by atoms with Crippen LogP contribution in [0, 0.1) is 17.1 Å². The molecule has 1 aliphatic rings. The van der Waals surface area contributed by atoms with E-state index < -0.39 is 25.8 Å². The maximum absolute atomic E-state index is 14.0. The Morgan fingerprint density at radius 1 is 1.02 bits per heavy atom. The van der Waals surface area contributed by atoms with Gasteiger partial charge in [-0.05, 0) is 55.2 Å². The highest BCUT2D eigenvalue weighted by atomic mass is 31.2. The Labute approximate surface area is 301 Å². The van der Waals surface area contributed by atoms with Gasteiger partial charge in [0.2, 0.25) is 0 Å². The first kappa shape index (κ1) is 40.8. The fraction of sp³-hybridized carbons (Fsp3) is 0.649. The average molecular weight is 732 g/mol. The molecule has 0 spiro atoms. The highest BCUT2D eigenvalue weighted by molar-refractivity contribution is 7.47. The summed E-state index contributed by atoms with van der Waals surface area (Å²) in [6.07, 6.45) is 17.5. The molecule has 3 heterocycles. The van der Waals surface area contributed by atoms with Crippen LogP contribution in [0.2, 0.25) is 0 Å². The van der Waals surface area contributed by atoms with Gasteiger partial charge in [0.05, 0.1) is 49.9 Å². The second-order valence-electron chi connectivity index (χ2n) is 13.3. The molecule has 0 aliphatic carbocycles. The number of unbranched alkanes of at least 4 members (excludes halogenated alkanes) is 12. The number of benzene rings is 1. The lowest BCUT2D eigenvalue weighted by Crippen LogP contribution is -2.26. The molecular weight excluding hydrogens is 676 g/mol. The van der Waals surface area contributed by atoms with Crippen molar-refractivity contribution in [1.29, 1.82) is 5.26 Å². The van der Waals surface area contributed by atoms with Gasteiger partial charge in [0, 0.05) is 6.61 Å². The summed E-state index contributed by atoms with van der Waals surface area (Å²) >= 11 is 0. The van der Waals surface area contributed by atoms with Crippen LogP contribution in [-0.2, 0) is 34.4 Å². The molecule has 0 saturated carbocycles. The molecule has 14 heteroatoms. The molecule has 282 valence electrons. The maximum Gasteiger partial charge on any atom is 0.472 e. The molecule has 1 fully saturated rings. The first-order valence-electron chi connectivity index (χ1n) is 18.5. The van der Waals surface area contributed by atoms with Crippen molar-refractivity contribution in [1.82, 2.24) is 14.6 Å². The Morgan fingerprint density at radius 2 is 1.73 bits per heavy atom. The van der Waals surface area contributed by atoms with Gasteiger partial charge in [-0.15, -0.1) is 0 Å². The van der Waals surface area contributed by atoms with Crippen molar-refractivity contribution in [3.8, 4) is 6.07 Å². The number of nitrogens with two attached hydrogens (primary N) is 1. The number of fused-ring (bicyclic) bond motifs is 1. The lowest BCUT2D eigenvalue weighted by molar-refractivity contribution is -0.0529. The predicted molar refractivity (Wildman–Crippen MR) is 192 cm³/mol. The number of hydrogen-bond donors (Lipinski definition) is 2. The van der Waals surface area contributed by atoms with Crippen LogP contribution in [-0.4, -0.2) is 58.1 Å².